The van der Waals surface area contributed by atoms with E-state index >= 15 is 0 Å². The fourth-order valence-electron chi connectivity index (χ4n) is 3.38. The molecule has 2 fully saturated rings. The summed E-state index contributed by atoms with van der Waals surface area (Å²) in [5, 5.41) is 0. The maximum atomic E-state index is 5.80. The molecular formula is C18H26N2S2. The van der Waals surface area contributed by atoms with Crippen LogP contribution >= 0.6 is 24.0 Å². The first-order chi connectivity index (χ1) is 10.7. The average molecular weight is 335 g/mol. The van der Waals surface area contributed by atoms with Crippen LogP contribution < -0.4 is 0 Å². The Labute approximate surface area is 144 Å². The molecule has 0 radical (unpaired) electrons. The third-order valence-corrected chi connectivity index (χ3v) is 6.16. The lowest BCUT2D eigenvalue weighted by Crippen LogP contribution is -2.51. The first-order valence-electron chi connectivity index (χ1n) is 8.37. The number of likely N-dealkylation sites (tertiary alicyclic amines) is 1. The van der Waals surface area contributed by atoms with Gasteiger partial charge in [-0.15, -0.1) is 0 Å². The van der Waals surface area contributed by atoms with E-state index in [9.17, 15) is 0 Å². The number of rotatable bonds is 4. The van der Waals surface area contributed by atoms with Gasteiger partial charge in [-0.2, -0.15) is 11.8 Å². The van der Waals surface area contributed by atoms with Gasteiger partial charge < -0.3 is 9.80 Å². The van der Waals surface area contributed by atoms with Crippen LogP contribution in [-0.4, -0.2) is 58.5 Å². The number of thioether (sulfide) groups is 1. The number of thiocarbonyl (C=S) groups is 1. The average Bonchev–Trinajstić information content (AvgIpc) is 3.03. The second kappa shape index (κ2) is 7.80. The minimum absolute atomic E-state index is 0.606. The molecule has 0 saturated carbocycles. The van der Waals surface area contributed by atoms with Gasteiger partial charge in [0.15, 0.2) is 0 Å². The molecule has 1 aromatic carbocycles. The van der Waals surface area contributed by atoms with Gasteiger partial charge in [-0.05, 0) is 38.4 Å². The predicted octanol–water partition coefficient (Wildman–Crippen LogP) is 3.38. The maximum Gasteiger partial charge on any atom is 0.0827 e. The zero-order valence-corrected chi connectivity index (χ0v) is 15.1. The van der Waals surface area contributed by atoms with Gasteiger partial charge in [0.05, 0.1) is 11.0 Å². The molecule has 2 nitrogen and oxygen atoms in total. The third-order valence-electron chi connectivity index (χ3n) is 4.69. The van der Waals surface area contributed by atoms with Crippen LogP contribution in [-0.2, 0) is 6.42 Å². The van der Waals surface area contributed by atoms with Crippen LogP contribution in [0.4, 0.5) is 0 Å². The highest BCUT2D eigenvalue weighted by Crippen LogP contribution is 2.21. The fraction of sp³-hybridized carbons (Fsp3) is 0.611. The minimum atomic E-state index is 0.606. The Kier molecular flexibility index (Phi) is 5.77. The van der Waals surface area contributed by atoms with Gasteiger partial charge in [-0.3, -0.25) is 0 Å². The summed E-state index contributed by atoms with van der Waals surface area (Å²) in [7, 11) is 0. The summed E-state index contributed by atoms with van der Waals surface area (Å²) in [4.78, 5) is 6.27. The molecule has 0 aromatic heterocycles. The maximum absolute atomic E-state index is 5.80. The van der Waals surface area contributed by atoms with Crippen molar-refractivity contribution >= 4 is 29.0 Å². The molecule has 0 bridgehead atoms. The lowest BCUT2D eigenvalue weighted by molar-refractivity contribution is 0.237. The highest BCUT2D eigenvalue weighted by atomic mass is 32.2. The summed E-state index contributed by atoms with van der Waals surface area (Å²) < 4.78 is 0. The van der Waals surface area contributed by atoms with E-state index in [-0.39, 0.29) is 0 Å². The number of hydrogen-bond acceptors (Lipinski definition) is 3. The normalized spacial score (nSPS) is 23.0. The first-order valence-corrected chi connectivity index (χ1v) is 9.94. The van der Waals surface area contributed by atoms with Crippen molar-refractivity contribution < 1.29 is 0 Å². The van der Waals surface area contributed by atoms with Crippen molar-refractivity contribution in [3.8, 4) is 0 Å². The highest BCUT2D eigenvalue weighted by molar-refractivity contribution is 7.99. The lowest BCUT2D eigenvalue weighted by Gasteiger charge is -2.39. The van der Waals surface area contributed by atoms with E-state index in [1.807, 2.05) is 0 Å². The Morgan fingerprint density at radius 3 is 2.64 bits per heavy atom. The van der Waals surface area contributed by atoms with Gasteiger partial charge in [-0.25, -0.2) is 0 Å². The summed E-state index contributed by atoms with van der Waals surface area (Å²) >= 11 is 7.89. The summed E-state index contributed by atoms with van der Waals surface area (Å²) in [5.41, 5.74) is 2.66. The summed E-state index contributed by atoms with van der Waals surface area (Å²) in [6, 6.07) is 9.41. The van der Waals surface area contributed by atoms with Crippen LogP contribution in [0.15, 0.2) is 24.3 Å². The van der Waals surface area contributed by atoms with E-state index in [2.05, 4.69) is 52.8 Å². The van der Waals surface area contributed by atoms with E-state index in [4.69, 9.17) is 12.2 Å². The summed E-state index contributed by atoms with van der Waals surface area (Å²) in [5.74, 6) is 2.44. The van der Waals surface area contributed by atoms with Crippen molar-refractivity contribution in [1.82, 2.24) is 9.80 Å². The Morgan fingerprint density at radius 2 is 1.91 bits per heavy atom. The zero-order chi connectivity index (χ0) is 15.4. The molecule has 22 heavy (non-hydrogen) atoms. The van der Waals surface area contributed by atoms with Crippen LogP contribution in [0.1, 0.15) is 24.0 Å². The van der Waals surface area contributed by atoms with Crippen molar-refractivity contribution in [1.29, 1.82) is 0 Å². The Morgan fingerprint density at radius 1 is 1.18 bits per heavy atom. The standard InChI is InChI=1S/C18H26N2S2/c1-15-4-6-16(7-5-15)12-18(21)20-10-11-22-14-17(20)13-19-8-2-3-9-19/h4-7,17H,2-3,8-14H2,1H3. The van der Waals surface area contributed by atoms with Crippen molar-refractivity contribution in [2.75, 3.05) is 37.7 Å². The summed E-state index contributed by atoms with van der Waals surface area (Å²) in [6.45, 7) is 7.00. The molecule has 0 N–H and O–H groups in total. The van der Waals surface area contributed by atoms with E-state index in [1.54, 1.807) is 0 Å². The van der Waals surface area contributed by atoms with Crippen LogP contribution in [0.3, 0.4) is 0 Å². The van der Waals surface area contributed by atoms with Gasteiger partial charge >= 0.3 is 0 Å². The molecular weight excluding hydrogens is 308 g/mol. The number of nitrogens with zero attached hydrogens (tertiary/aromatic N) is 2. The molecule has 1 atom stereocenters. The quantitative estimate of drug-likeness (QED) is 0.779. The van der Waals surface area contributed by atoms with Crippen molar-refractivity contribution in [2.45, 2.75) is 32.2 Å². The molecule has 4 heteroatoms. The second-order valence-electron chi connectivity index (χ2n) is 6.49. The lowest BCUT2D eigenvalue weighted by atomic mass is 10.1. The van der Waals surface area contributed by atoms with Gasteiger partial charge in [0.25, 0.3) is 0 Å². The molecule has 2 aliphatic heterocycles. The molecule has 3 rings (SSSR count). The Balaban J connectivity index is 1.61. The van der Waals surface area contributed by atoms with E-state index in [0.29, 0.717) is 6.04 Å². The van der Waals surface area contributed by atoms with Crippen molar-refractivity contribution in [2.24, 2.45) is 0 Å². The highest BCUT2D eigenvalue weighted by Gasteiger charge is 2.27. The largest absolute Gasteiger partial charge is 0.360 e. The van der Waals surface area contributed by atoms with E-state index in [0.717, 1.165) is 18.0 Å². The first kappa shape index (κ1) is 16.3. The van der Waals surface area contributed by atoms with E-state index in [1.165, 1.54) is 55.1 Å². The number of hydrogen-bond donors (Lipinski definition) is 0. The smallest absolute Gasteiger partial charge is 0.0827 e. The van der Waals surface area contributed by atoms with Crippen molar-refractivity contribution in [3.63, 3.8) is 0 Å². The molecule has 0 aliphatic carbocycles. The minimum Gasteiger partial charge on any atom is -0.360 e. The van der Waals surface area contributed by atoms with Gasteiger partial charge in [-0.1, -0.05) is 42.0 Å². The third kappa shape index (κ3) is 4.24. The van der Waals surface area contributed by atoms with Crippen LogP contribution in [0.2, 0.25) is 0 Å². The molecule has 2 saturated heterocycles. The molecule has 2 heterocycles. The topological polar surface area (TPSA) is 6.48 Å². The Bertz CT molecular complexity index is 494. The SMILES string of the molecule is Cc1ccc(CC(=S)N2CCSCC2CN2CCCC2)cc1. The predicted molar refractivity (Wildman–Crippen MR) is 101 cm³/mol. The molecule has 1 unspecified atom stereocenters. The zero-order valence-electron chi connectivity index (χ0n) is 13.5. The fourth-order valence-corrected chi connectivity index (χ4v) is 4.84. The number of aryl methyl sites for hydroxylation is 1. The molecule has 120 valence electrons. The van der Waals surface area contributed by atoms with Crippen molar-refractivity contribution in [3.05, 3.63) is 35.4 Å². The summed E-state index contributed by atoms with van der Waals surface area (Å²) in [6.07, 6.45) is 3.65. The van der Waals surface area contributed by atoms with Gasteiger partial charge in [0.1, 0.15) is 0 Å². The second-order valence-corrected chi connectivity index (χ2v) is 8.11. The van der Waals surface area contributed by atoms with Crippen LogP contribution in [0, 0.1) is 6.92 Å². The van der Waals surface area contributed by atoms with Gasteiger partial charge in [0.2, 0.25) is 0 Å². The Hall–Kier alpha value is -0.580. The molecule has 0 amide bonds. The molecule has 0 spiro atoms. The number of benzene rings is 1. The van der Waals surface area contributed by atoms with Gasteiger partial charge in [0, 0.05) is 31.0 Å². The van der Waals surface area contributed by atoms with E-state index < -0.39 is 0 Å². The monoisotopic (exact) mass is 334 g/mol. The molecule has 1 aromatic rings. The molecule has 2 aliphatic rings. The van der Waals surface area contributed by atoms with Crippen LogP contribution in [0.5, 0.6) is 0 Å². The van der Waals surface area contributed by atoms with Crippen LogP contribution in [0.25, 0.3) is 0 Å².